The molecule has 0 aliphatic rings. The largest absolute Gasteiger partial charge is 0.306 e. The van der Waals surface area contributed by atoms with E-state index in [0.29, 0.717) is 0 Å². The normalized spacial score (nSPS) is 12.7. The lowest BCUT2D eigenvalue weighted by molar-refractivity contribution is 0.512. The highest BCUT2D eigenvalue weighted by molar-refractivity contribution is 5.25. The van der Waals surface area contributed by atoms with Crippen LogP contribution in [0.15, 0.2) is 24.3 Å². The summed E-state index contributed by atoms with van der Waals surface area (Å²) in [7, 11) is 1.95. The molecule has 1 aromatic heterocycles. The van der Waals surface area contributed by atoms with Crippen molar-refractivity contribution in [2.24, 2.45) is 7.05 Å². The number of rotatable bonds is 5. The molecular formula is C16H22FN3. The smallest absolute Gasteiger partial charge is 0.123 e. The highest BCUT2D eigenvalue weighted by Crippen LogP contribution is 2.19. The van der Waals surface area contributed by atoms with Crippen LogP contribution in [-0.2, 0) is 13.6 Å². The van der Waals surface area contributed by atoms with Crippen molar-refractivity contribution in [3.8, 4) is 0 Å². The molecule has 0 amide bonds. The van der Waals surface area contributed by atoms with Crippen LogP contribution in [-0.4, -0.2) is 9.78 Å². The maximum atomic E-state index is 13.3. The van der Waals surface area contributed by atoms with Crippen LogP contribution in [0.3, 0.4) is 0 Å². The molecule has 0 saturated heterocycles. The molecule has 1 aromatic carbocycles. The highest BCUT2D eigenvalue weighted by atomic mass is 19.1. The van der Waals surface area contributed by atoms with Crippen LogP contribution >= 0.6 is 0 Å². The van der Waals surface area contributed by atoms with E-state index in [1.54, 1.807) is 12.1 Å². The molecule has 108 valence electrons. The van der Waals surface area contributed by atoms with Gasteiger partial charge in [-0.1, -0.05) is 19.1 Å². The molecule has 1 N–H and O–H groups in total. The monoisotopic (exact) mass is 275 g/mol. The van der Waals surface area contributed by atoms with Gasteiger partial charge in [0, 0.05) is 30.9 Å². The molecule has 0 fully saturated rings. The number of benzene rings is 1. The number of halogens is 1. The lowest BCUT2D eigenvalue weighted by atomic mass is 10.0. The third-order valence-corrected chi connectivity index (χ3v) is 3.84. The lowest BCUT2D eigenvalue weighted by Gasteiger charge is -2.17. The van der Waals surface area contributed by atoms with Crippen molar-refractivity contribution in [1.82, 2.24) is 15.1 Å². The maximum Gasteiger partial charge on any atom is 0.123 e. The fraction of sp³-hybridized carbons (Fsp3) is 0.438. The Morgan fingerprint density at radius 2 is 2.10 bits per heavy atom. The maximum absolute atomic E-state index is 13.3. The average molecular weight is 275 g/mol. The van der Waals surface area contributed by atoms with Crippen LogP contribution in [0.2, 0.25) is 0 Å². The van der Waals surface area contributed by atoms with E-state index in [2.05, 4.69) is 24.3 Å². The summed E-state index contributed by atoms with van der Waals surface area (Å²) in [4.78, 5) is 0. The van der Waals surface area contributed by atoms with Crippen molar-refractivity contribution < 1.29 is 4.39 Å². The first kappa shape index (κ1) is 14.7. The van der Waals surface area contributed by atoms with Gasteiger partial charge in [0.05, 0.1) is 5.69 Å². The number of hydrogen-bond acceptors (Lipinski definition) is 2. The zero-order chi connectivity index (χ0) is 14.7. The van der Waals surface area contributed by atoms with Gasteiger partial charge in [-0.15, -0.1) is 0 Å². The van der Waals surface area contributed by atoms with Crippen LogP contribution < -0.4 is 5.32 Å². The minimum Gasteiger partial charge on any atom is -0.306 e. The number of nitrogens with one attached hydrogen (secondary N) is 1. The zero-order valence-corrected chi connectivity index (χ0v) is 12.6. The van der Waals surface area contributed by atoms with Crippen molar-refractivity contribution in [3.05, 3.63) is 52.6 Å². The Morgan fingerprint density at radius 3 is 2.65 bits per heavy atom. The van der Waals surface area contributed by atoms with Gasteiger partial charge in [-0.05, 0) is 38.0 Å². The van der Waals surface area contributed by atoms with Gasteiger partial charge in [0.15, 0.2) is 0 Å². The van der Waals surface area contributed by atoms with Crippen molar-refractivity contribution in [2.75, 3.05) is 0 Å². The summed E-state index contributed by atoms with van der Waals surface area (Å²) in [5.74, 6) is -0.184. The standard InChI is InChI=1S/C16H22FN3/c1-5-16(13-7-6-8-14(17)9-13)18-10-15-11(2)19-20(4)12(15)3/h6-9,16,18H,5,10H2,1-4H3. The third-order valence-electron chi connectivity index (χ3n) is 3.84. The quantitative estimate of drug-likeness (QED) is 0.906. The van der Waals surface area contributed by atoms with E-state index < -0.39 is 0 Å². The third kappa shape index (κ3) is 3.07. The fourth-order valence-electron chi connectivity index (χ4n) is 2.52. The minimum atomic E-state index is -0.184. The molecule has 3 nitrogen and oxygen atoms in total. The van der Waals surface area contributed by atoms with Crippen LogP contribution in [0, 0.1) is 19.7 Å². The topological polar surface area (TPSA) is 29.9 Å². The molecule has 1 heterocycles. The zero-order valence-electron chi connectivity index (χ0n) is 12.6. The Labute approximate surface area is 119 Å². The first-order valence-electron chi connectivity index (χ1n) is 7.00. The summed E-state index contributed by atoms with van der Waals surface area (Å²) < 4.78 is 15.2. The number of aromatic nitrogens is 2. The molecule has 0 aliphatic heterocycles. The van der Waals surface area contributed by atoms with E-state index in [-0.39, 0.29) is 11.9 Å². The summed E-state index contributed by atoms with van der Waals surface area (Å²) in [6.07, 6.45) is 0.918. The predicted octanol–water partition coefficient (Wildman–Crippen LogP) is 3.42. The molecule has 4 heteroatoms. The van der Waals surface area contributed by atoms with E-state index in [0.717, 1.165) is 24.2 Å². The van der Waals surface area contributed by atoms with E-state index in [1.165, 1.54) is 17.3 Å². The molecule has 2 rings (SSSR count). The Bertz CT molecular complexity index is 589. The van der Waals surface area contributed by atoms with E-state index >= 15 is 0 Å². The van der Waals surface area contributed by atoms with Gasteiger partial charge in [0.2, 0.25) is 0 Å². The van der Waals surface area contributed by atoms with Gasteiger partial charge in [-0.3, -0.25) is 4.68 Å². The van der Waals surface area contributed by atoms with Crippen molar-refractivity contribution in [1.29, 1.82) is 0 Å². The molecule has 20 heavy (non-hydrogen) atoms. The van der Waals surface area contributed by atoms with Gasteiger partial charge in [0.25, 0.3) is 0 Å². The van der Waals surface area contributed by atoms with Crippen LogP contribution in [0.25, 0.3) is 0 Å². The Balaban J connectivity index is 2.11. The molecule has 0 radical (unpaired) electrons. The van der Waals surface area contributed by atoms with Crippen molar-refractivity contribution >= 4 is 0 Å². The number of aryl methyl sites for hydroxylation is 2. The van der Waals surface area contributed by atoms with Gasteiger partial charge >= 0.3 is 0 Å². The highest BCUT2D eigenvalue weighted by Gasteiger charge is 2.13. The molecule has 1 unspecified atom stereocenters. The van der Waals surface area contributed by atoms with Crippen molar-refractivity contribution in [3.63, 3.8) is 0 Å². The van der Waals surface area contributed by atoms with Gasteiger partial charge in [-0.2, -0.15) is 5.10 Å². The Hall–Kier alpha value is -1.68. The summed E-state index contributed by atoms with van der Waals surface area (Å²) in [6.45, 7) is 6.94. The SMILES string of the molecule is CCC(NCc1c(C)nn(C)c1C)c1cccc(F)c1. The lowest BCUT2D eigenvalue weighted by Crippen LogP contribution is -2.21. The minimum absolute atomic E-state index is 0.157. The van der Waals surface area contributed by atoms with Crippen molar-refractivity contribution in [2.45, 2.75) is 39.8 Å². The summed E-state index contributed by atoms with van der Waals surface area (Å²) in [5, 5.41) is 7.92. The van der Waals surface area contributed by atoms with Crippen LogP contribution in [0.1, 0.15) is 41.9 Å². The van der Waals surface area contributed by atoms with Crippen LogP contribution in [0.5, 0.6) is 0 Å². The second-order valence-corrected chi connectivity index (χ2v) is 5.17. The predicted molar refractivity (Wildman–Crippen MR) is 79.0 cm³/mol. The number of hydrogen-bond donors (Lipinski definition) is 1. The van der Waals surface area contributed by atoms with E-state index in [1.807, 2.05) is 24.7 Å². The first-order chi connectivity index (χ1) is 9.52. The van der Waals surface area contributed by atoms with Gasteiger partial charge in [-0.25, -0.2) is 4.39 Å². The molecule has 0 spiro atoms. The molecule has 0 bridgehead atoms. The Kier molecular flexibility index (Phi) is 4.55. The number of nitrogens with zero attached hydrogens (tertiary/aromatic N) is 2. The van der Waals surface area contributed by atoms with Gasteiger partial charge in [0.1, 0.15) is 5.82 Å². The van der Waals surface area contributed by atoms with E-state index in [4.69, 9.17) is 0 Å². The summed E-state index contributed by atoms with van der Waals surface area (Å²) >= 11 is 0. The first-order valence-corrected chi connectivity index (χ1v) is 7.00. The average Bonchev–Trinajstić information content (AvgIpc) is 2.65. The second-order valence-electron chi connectivity index (χ2n) is 5.17. The molecule has 1 atom stereocenters. The summed E-state index contributed by atoms with van der Waals surface area (Å²) in [5.41, 5.74) is 4.43. The molecule has 0 aliphatic carbocycles. The van der Waals surface area contributed by atoms with Gasteiger partial charge < -0.3 is 5.32 Å². The molecule has 2 aromatic rings. The molecular weight excluding hydrogens is 253 g/mol. The summed E-state index contributed by atoms with van der Waals surface area (Å²) in [6, 6.07) is 6.96. The molecule has 0 saturated carbocycles. The van der Waals surface area contributed by atoms with Crippen LogP contribution in [0.4, 0.5) is 4.39 Å². The van der Waals surface area contributed by atoms with E-state index in [9.17, 15) is 4.39 Å². The second kappa shape index (κ2) is 6.18. The Morgan fingerprint density at radius 1 is 1.35 bits per heavy atom. The fourth-order valence-corrected chi connectivity index (χ4v) is 2.52.